The van der Waals surface area contributed by atoms with Gasteiger partial charge in [-0.15, -0.1) is 0 Å². The van der Waals surface area contributed by atoms with Crippen LogP contribution in [0.4, 0.5) is 0 Å². The number of aromatic amines is 1. The highest BCUT2D eigenvalue weighted by Crippen LogP contribution is 2.31. The summed E-state index contributed by atoms with van der Waals surface area (Å²) in [6.07, 6.45) is 7.65. The number of aliphatic imine (C=N–C) groups is 1. The van der Waals surface area contributed by atoms with Gasteiger partial charge < -0.3 is 4.98 Å². The molecule has 0 radical (unpaired) electrons. The fourth-order valence-corrected chi connectivity index (χ4v) is 3.42. The van der Waals surface area contributed by atoms with Crippen LogP contribution < -0.4 is 0 Å². The third-order valence-electron chi connectivity index (χ3n) is 4.78. The number of nitrogens with zero attached hydrogens (tertiary/aromatic N) is 3. The van der Waals surface area contributed by atoms with Gasteiger partial charge in [-0.3, -0.25) is 9.97 Å². The molecule has 4 nitrogen and oxygen atoms in total. The second-order valence-electron chi connectivity index (χ2n) is 6.67. The molecular formula is C25H18N4. The van der Waals surface area contributed by atoms with Crippen molar-refractivity contribution in [3.05, 3.63) is 126 Å². The third-order valence-corrected chi connectivity index (χ3v) is 4.78. The van der Waals surface area contributed by atoms with Crippen LogP contribution in [-0.2, 0) is 0 Å². The molecule has 1 aliphatic heterocycles. The van der Waals surface area contributed by atoms with Gasteiger partial charge in [0.15, 0.2) is 0 Å². The van der Waals surface area contributed by atoms with E-state index in [9.17, 15) is 0 Å². The van der Waals surface area contributed by atoms with E-state index < -0.39 is 0 Å². The third kappa shape index (κ3) is 3.44. The largest absolute Gasteiger partial charge is 0.353 e. The second kappa shape index (κ2) is 7.52. The number of rotatable bonds is 4. The van der Waals surface area contributed by atoms with Crippen molar-refractivity contribution in [2.45, 2.75) is 0 Å². The smallest absolute Gasteiger partial charge is 0.0894 e. The van der Waals surface area contributed by atoms with Crippen molar-refractivity contribution in [3.63, 3.8) is 0 Å². The van der Waals surface area contributed by atoms with Gasteiger partial charge in [0, 0.05) is 23.7 Å². The molecule has 1 aromatic carbocycles. The van der Waals surface area contributed by atoms with E-state index in [0.717, 1.165) is 45.3 Å². The molecule has 0 amide bonds. The fourth-order valence-electron chi connectivity index (χ4n) is 3.42. The van der Waals surface area contributed by atoms with Gasteiger partial charge in [0.25, 0.3) is 0 Å². The predicted octanol–water partition coefficient (Wildman–Crippen LogP) is 5.29. The van der Waals surface area contributed by atoms with E-state index >= 15 is 0 Å². The molecule has 4 heterocycles. The summed E-state index contributed by atoms with van der Waals surface area (Å²) < 4.78 is 0. The van der Waals surface area contributed by atoms with E-state index in [2.05, 4.69) is 39.2 Å². The topological polar surface area (TPSA) is 53.9 Å². The molecule has 0 aliphatic carbocycles. The zero-order valence-corrected chi connectivity index (χ0v) is 15.7. The highest BCUT2D eigenvalue weighted by molar-refractivity contribution is 6.11. The summed E-state index contributed by atoms with van der Waals surface area (Å²) in [7, 11) is 0. The number of H-pyrrole nitrogens is 1. The molecule has 1 aliphatic rings. The SMILES string of the molecule is C1=C/C(=C(\c2ccccc2)c2ccc(-c3ccccn3)[nH]2)N=C1c1ccccn1. The molecule has 0 saturated heterocycles. The van der Waals surface area contributed by atoms with Crippen molar-refractivity contribution in [1.82, 2.24) is 15.0 Å². The van der Waals surface area contributed by atoms with Gasteiger partial charge in [0.1, 0.15) is 0 Å². The molecular weight excluding hydrogens is 356 g/mol. The second-order valence-corrected chi connectivity index (χ2v) is 6.67. The van der Waals surface area contributed by atoms with Crippen LogP contribution in [-0.4, -0.2) is 20.7 Å². The molecule has 0 spiro atoms. The minimum absolute atomic E-state index is 0.866. The van der Waals surface area contributed by atoms with Crippen molar-refractivity contribution in [2.24, 2.45) is 4.99 Å². The van der Waals surface area contributed by atoms with Crippen LogP contribution in [0.2, 0.25) is 0 Å². The predicted molar refractivity (Wildman–Crippen MR) is 116 cm³/mol. The van der Waals surface area contributed by atoms with Crippen molar-refractivity contribution in [1.29, 1.82) is 0 Å². The lowest BCUT2D eigenvalue weighted by molar-refractivity contribution is 1.26. The molecule has 29 heavy (non-hydrogen) atoms. The molecule has 0 unspecified atom stereocenters. The maximum atomic E-state index is 4.88. The van der Waals surface area contributed by atoms with Crippen LogP contribution in [0.5, 0.6) is 0 Å². The lowest BCUT2D eigenvalue weighted by atomic mass is 10.0. The zero-order valence-electron chi connectivity index (χ0n) is 15.7. The Kier molecular flexibility index (Phi) is 4.43. The number of pyridine rings is 2. The standard InChI is InChI=1S/C25H18N4/c1-2-8-18(9-3-1)25(23-14-12-21(28-23)19-10-4-6-16-26-19)24-15-13-22(29-24)20-11-5-7-17-27-20/h1-17,28H/b25-24-. The van der Waals surface area contributed by atoms with Gasteiger partial charge in [-0.05, 0) is 54.1 Å². The van der Waals surface area contributed by atoms with Gasteiger partial charge in [0.2, 0.25) is 0 Å². The molecule has 0 bridgehead atoms. The lowest BCUT2D eigenvalue weighted by Crippen LogP contribution is -1.97. The van der Waals surface area contributed by atoms with Crippen molar-refractivity contribution < 1.29 is 0 Å². The maximum absolute atomic E-state index is 4.88. The Labute approximate surface area is 169 Å². The van der Waals surface area contributed by atoms with Crippen LogP contribution in [0.1, 0.15) is 17.0 Å². The molecule has 4 aromatic rings. The molecule has 0 fully saturated rings. The van der Waals surface area contributed by atoms with Crippen molar-refractivity contribution in [2.75, 3.05) is 0 Å². The van der Waals surface area contributed by atoms with E-state index in [1.165, 1.54) is 0 Å². The fraction of sp³-hybridized carbons (Fsp3) is 0. The number of nitrogens with one attached hydrogen (secondary N) is 1. The number of allylic oxidation sites excluding steroid dienone is 2. The normalized spacial score (nSPS) is 14.7. The van der Waals surface area contributed by atoms with E-state index in [0.29, 0.717) is 0 Å². The zero-order chi connectivity index (χ0) is 19.5. The summed E-state index contributed by atoms with van der Waals surface area (Å²) in [5, 5.41) is 0. The van der Waals surface area contributed by atoms with Gasteiger partial charge in [-0.25, -0.2) is 4.99 Å². The number of hydrogen-bond donors (Lipinski definition) is 1. The van der Waals surface area contributed by atoms with Crippen LogP contribution in [0.25, 0.3) is 17.0 Å². The Bertz CT molecular complexity index is 1220. The van der Waals surface area contributed by atoms with Gasteiger partial charge in [0.05, 0.1) is 28.5 Å². The Hall–Kier alpha value is -4.05. The minimum atomic E-state index is 0.866. The first-order valence-electron chi connectivity index (χ1n) is 9.47. The Morgan fingerprint density at radius 3 is 2.10 bits per heavy atom. The van der Waals surface area contributed by atoms with Crippen LogP contribution in [0.3, 0.4) is 0 Å². The van der Waals surface area contributed by atoms with E-state index in [1.807, 2.05) is 66.7 Å². The monoisotopic (exact) mass is 374 g/mol. The molecule has 5 rings (SSSR count). The minimum Gasteiger partial charge on any atom is -0.353 e. The Morgan fingerprint density at radius 1 is 0.655 bits per heavy atom. The van der Waals surface area contributed by atoms with Crippen LogP contribution >= 0.6 is 0 Å². The highest BCUT2D eigenvalue weighted by atomic mass is 14.8. The molecule has 0 atom stereocenters. The van der Waals surface area contributed by atoms with E-state index in [4.69, 9.17) is 4.99 Å². The maximum Gasteiger partial charge on any atom is 0.0894 e. The molecule has 4 heteroatoms. The van der Waals surface area contributed by atoms with E-state index in [-0.39, 0.29) is 0 Å². The first-order valence-corrected chi connectivity index (χ1v) is 9.47. The molecule has 3 aromatic heterocycles. The summed E-state index contributed by atoms with van der Waals surface area (Å²) in [4.78, 5) is 17.3. The van der Waals surface area contributed by atoms with Crippen molar-refractivity contribution in [3.8, 4) is 11.4 Å². The number of benzene rings is 1. The van der Waals surface area contributed by atoms with Crippen LogP contribution in [0.15, 0.2) is 114 Å². The molecule has 0 saturated carbocycles. The first kappa shape index (κ1) is 17.1. The molecule has 138 valence electrons. The quantitative estimate of drug-likeness (QED) is 0.528. The van der Waals surface area contributed by atoms with Crippen molar-refractivity contribution >= 4 is 11.3 Å². The summed E-state index contributed by atoms with van der Waals surface area (Å²) in [6.45, 7) is 0. The van der Waals surface area contributed by atoms with Gasteiger partial charge >= 0.3 is 0 Å². The number of hydrogen-bond acceptors (Lipinski definition) is 3. The van der Waals surface area contributed by atoms with Gasteiger partial charge in [-0.2, -0.15) is 0 Å². The van der Waals surface area contributed by atoms with Gasteiger partial charge in [-0.1, -0.05) is 42.5 Å². The van der Waals surface area contributed by atoms with Crippen LogP contribution in [0, 0.1) is 0 Å². The summed E-state index contributed by atoms with van der Waals surface area (Å²) in [5.41, 5.74) is 7.69. The average Bonchev–Trinajstić information content (AvgIpc) is 3.47. The Balaban J connectivity index is 1.63. The summed E-state index contributed by atoms with van der Waals surface area (Å²) in [6, 6.07) is 26.2. The highest BCUT2D eigenvalue weighted by Gasteiger charge is 2.17. The lowest BCUT2D eigenvalue weighted by Gasteiger charge is -2.08. The first-order chi connectivity index (χ1) is 14.4. The summed E-state index contributed by atoms with van der Waals surface area (Å²) >= 11 is 0. The average molecular weight is 374 g/mol. The Morgan fingerprint density at radius 2 is 1.38 bits per heavy atom. The summed E-state index contributed by atoms with van der Waals surface area (Å²) in [5.74, 6) is 0. The van der Waals surface area contributed by atoms with E-state index in [1.54, 1.807) is 12.4 Å². The number of aromatic nitrogens is 3. The molecule has 1 N–H and O–H groups in total.